The van der Waals surface area contributed by atoms with Gasteiger partial charge in [0.05, 0.1) is 0 Å². The fourth-order valence-electron chi connectivity index (χ4n) is 2.16. The maximum atomic E-state index is 5.99. The summed E-state index contributed by atoms with van der Waals surface area (Å²) in [5.74, 6) is 1.81. The molecule has 20 heavy (non-hydrogen) atoms. The lowest BCUT2D eigenvalue weighted by Gasteiger charge is -2.13. The summed E-state index contributed by atoms with van der Waals surface area (Å²) in [4.78, 5) is 0. The molecule has 2 rings (SSSR count). The first-order valence-corrected chi connectivity index (χ1v) is 7.04. The van der Waals surface area contributed by atoms with Crippen molar-refractivity contribution in [3.8, 4) is 11.5 Å². The van der Waals surface area contributed by atoms with Gasteiger partial charge in [-0.25, -0.2) is 0 Å². The highest BCUT2D eigenvalue weighted by atomic mass is 16.5. The minimum atomic E-state index is 0.354. The second kappa shape index (κ2) is 6.10. The number of hydrogen-bond donors (Lipinski definition) is 1. The molecule has 0 saturated heterocycles. The fourth-order valence-corrected chi connectivity index (χ4v) is 2.16. The zero-order valence-electron chi connectivity index (χ0n) is 12.9. The first kappa shape index (κ1) is 14.6. The molecule has 0 amide bonds. The van der Waals surface area contributed by atoms with Gasteiger partial charge >= 0.3 is 0 Å². The minimum absolute atomic E-state index is 0.354. The summed E-state index contributed by atoms with van der Waals surface area (Å²) < 4.78 is 5.99. The van der Waals surface area contributed by atoms with Crippen molar-refractivity contribution in [3.63, 3.8) is 0 Å². The Hall–Kier alpha value is -1.80. The van der Waals surface area contributed by atoms with Crippen LogP contribution in [0.2, 0.25) is 0 Å². The number of aryl methyl sites for hydroxylation is 3. The normalized spacial score (nSPS) is 12.2. The van der Waals surface area contributed by atoms with Crippen LogP contribution in [-0.2, 0) is 0 Å². The van der Waals surface area contributed by atoms with E-state index in [1.54, 1.807) is 0 Å². The van der Waals surface area contributed by atoms with E-state index in [-0.39, 0.29) is 0 Å². The molecule has 2 nitrogen and oxygen atoms in total. The van der Waals surface area contributed by atoms with Crippen molar-refractivity contribution in [1.29, 1.82) is 0 Å². The zero-order valence-corrected chi connectivity index (χ0v) is 12.9. The molecule has 2 aromatic rings. The minimum Gasteiger partial charge on any atom is -0.457 e. The summed E-state index contributed by atoms with van der Waals surface area (Å²) in [6.07, 6.45) is 0. The third kappa shape index (κ3) is 3.20. The van der Waals surface area contributed by atoms with Crippen LogP contribution < -0.4 is 10.1 Å². The summed E-state index contributed by atoms with van der Waals surface area (Å²) in [6, 6.07) is 12.9. The lowest BCUT2D eigenvalue weighted by molar-refractivity contribution is 0.477. The van der Waals surface area contributed by atoms with Gasteiger partial charge in [0.2, 0.25) is 0 Å². The Bertz CT molecular complexity index is 587. The number of nitrogens with one attached hydrogen (secondary N) is 1. The number of rotatable bonds is 4. The molecule has 0 fully saturated rings. The molecule has 0 heterocycles. The van der Waals surface area contributed by atoms with Crippen molar-refractivity contribution in [2.24, 2.45) is 0 Å². The molecule has 0 bridgehead atoms. The SMILES string of the molecule is CNC(C)c1ccc(Oc2cc(C)c(C)cc2C)cc1. The second-order valence-electron chi connectivity index (χ2n) is 5.38. The fraction of sp³-hybridized carbons (Fsp3) is 0.333. The van der Waals surface area contributed by atoms with E-state index in [1.165, 1.54) is 22.3 Å². The summed E-state index contributed by atoms with van der Waals surface area (Å²) in [5.41, 5.74) is 4.98. The number of benzene rings is 2. The van der Waals surface area contributed by atoms with Crippen LogP contribution in [0.3, 0.4) is 0 Å². The smallest absolute Gasteiger partial charge is 0.130 e. The van der Waals surface area contributed by atoms with Gasteiger partial charge in [0.15, 0.2) is 0 Å². The van der Waals surface area contributed by atoms with Crippen molar-refractivity contribution in [2.45, 2.75) is 33.7 Å². The maximum absolute atomic E-state index is 5.99. The van der Waals surface area contributed by atoms with Crippen LogP contribution in [0, 0.1) is 20.8 Å². The Morgan fingerprint density at radius 3 is 2.10 bits per heavy atom. The average molecular weight is 269 g/mol. The van der Waals surface area contributed by atoms with Crippen LogP contribution in [0.5, 0.6) is 11.5 Å². The van der Waals surface area contributed by atoms with Crippen LogP contribution in [0.4, 0.5) is 0 Å². The predicted octanol–water partition coefficient (Wildman–Crippen LogP) is 4.68. The molecule has 1 unspecified atom stereocenters. The highest BCUT2D eigenvalue weighted by Crippen LogP contribution is 2.28. The van der Waals surface area contributed by atoms with Crippen LogP contribution in [0.15, 0.2) is 36.4 Å². The van der Waals surface area contributed by atoms with Gasteiger partial charge in [-0.3, -0.25) is 0 Å². The highest BCUT2D eigenvalue weighted by molar-refractivity contribution is 5.43. The Morgan fingerprint density at radius 2 is 1.50 bits per heavy atom. The Balaban J connectivity index is 2.20. The van der Waals surface area contributed by atoms with Crippen molar-refractivity contribution in [3.05, 3.63) is 58.7 Å². The lowest BCUT2D eigenvalue weighted by atomic mass is 10.1. The third-order valence-electron chi connectivity index (χ3n) is 3.83. The van der Waals surface area contributed by atoms with E-state index >= 15 is 0 Å². The van der Waals surface area contributed by atoms with Crippen LogP contribution >= 0.6 is 0 Å². The monoisotopic (exact) mass is 269 g/mol. The lowest BCUT2D eigenvalue weighted by Crippen LogP contribution is -2.11. The molecule has 1 N–H and O–H groups in total. The van der Waals surface area contributed by atoms with Crippen molar-refractivity contribution < 1.29 is 4.74 Å². The standard InChI is InChI=1S/C18H23NO/c1-12-10-14(3)18(11-13(12)2)20-17-8-6-16(7-9-17)15(4)19-5/h6-11,15,19H,1-5H3. The second-order valence-corrected chi connectivity index (χ2v) is 5.38. The van der Waals surface area contributed by atoms with Gasteiger partial charge in [-0.2, -0.15) is 0 Å². The molecule has 0 saturated carbocycles. The van der Waals surface area contributed by atoms with E-state index < -0.39 is 0 Å². The molecule has 1 atom stereocenters. The molecule has 0 aliphatic rings. The molecular formula is C18H23NO. The molecule has 0 aromatic heterocycles. The molecule has 2 heteroatoms. The van der Waals surface area contributed by atoms with Gasteiger partial charge in [-0.1, -0.05) is 18.2 Å². The molecule has 106 valence electrons. The Labute approximate surface area is 121 Å². The van der Waals surface area contributed by atoms with Crippen LogP contribution in [0.25, 0.3) is 0 Å². The predicted molar refractivity (Wildman–Crippen MR) is 84.6 cm³/mol. The van der Waals surface area contributed by atoms with E-state index in [9.17, 15) is 0 Å². The molecule has 0 aliphatic carbocycles. The van der Waals surface area contributed by atoms with E-state index in [1.807, 2.05) is 19.2 Å². The van der Waals surface area contributed by atoms with Gasteiger partial charge in [0.25, 0.3) is 0 Å². The molecule has 0 radical (unpaired) electrons. The van der Waals surface area contributed by atoms with Gasteiger partial charge < -0.3 is 10.1 Å². The first-order chi connectivity index (χ1) is 9.51. The largest absolute Gasteiger partial charge is 0.457 e. The molecule has 0 spiro atoms. The summed E-state index contributed by atoms with van der Waals surface area (Å²) in [7, 11) is 1.97. The van der Waals surface area contributed by atoms with Crippen LogP contribution in [-0.4, -0.2) is 7.05 Å². The molecule has 0 aliphatic heterocycles. The number of ether oxygens (including phenoxy) is 1. The average Bonchev–Trinajstić information content (AvgIpc) is 2.44. The van der Waals surface area contributed by atoms with Crippen molar-refractivity contribution >= 4 is 0 Å². The number of hydrogen-bond acceptors (Lipinski definition) is 2. The summed E-state index contributed by atoms with van der Waals surface area (Å²) in [6.45, 7) is 8.46. The zero-order chi connectivity index (χ0) is 14.7. The van der Waals surface area contributed by atoms with Gasteiger partial charge in [0.1, 0.15) is 11.5 Å². The van der Waals surface area contributed by atoms with Crippen molar-refractivity contribution in [2.75, 3.05) is 7.05 Å². The third-order valence-corrected chi connectivity index (χ3v) is 3.83. The molecule has 2 aromatic carbocycles. The van der Waals surface area contributed by atoms with E-state index in [0.29, 0.717) is 6.04 Å². The topological polar surface area (TPSA) is 21.3 Å². The first-order valence-electron chi connectivity index (χ1n) is 7.04. The van der Waals surface area contributed by atoms with E-state index in [2.05, 4.69) is 57.3 Å². The van der Waals surface area contributed by atoms with E-state index in [0.717, 1.165) is 11.5 Å². The van der Waals surface area contributed by atoms with Crippen LogP contribution in [0.1, 0.15) is 35.2 Å². The van der Waals surface area contributed by atoms with Gasteiger partial charge in [0, 0.05) is 6.04 Å². The highest BCUT2D eigenvalue weighted by Gasteiger charge is 2.06. The van der Waals surface area contributed by atoms with Crippen molar-refractivity contribution in [1.82, 2.24) is 5.32 Å². The summed E-state index contributed by atoms with van der Waals surface area (Å²) >= 11 is 0. The van der Waals surface area contributed by atoms with Gasteiger partial charge in [-0.15, -0.1) is 0 Å². The van der Waals surface area contributed by atoms with Gasteiger partial charge in [-0.05, 0) is 75.2 Å². The van der Waals surface area contributed by atoms with E-state index in [4.69, 9.17) is 4.74 Å². The summed E-state index contributed by atoms with van der Waals surface area (Å²) in [5, 5.41) is 3.23. The quantitative estimate of drug-likeness (QED) is 0.869. The Kier molecular flexibility index (Phi) is 4.46. The Morgan fingerprint density at radius 1 is 0.900 bits per heavy atom. The maximum Gasteiger partial charge on any atom is 0.130 e. The molecular weight excluding hydrogens is 246 g/mol.